The number of sulfonamides is 1. The molecule has 0 spiro atoms. The Bertz CT molecular complexity index is 623. The molecular formula is C16H24N2O2S. The molecule has 0 saturated heterocycles. The van der Waals surface area contributed by atoms with Crippen LogP contribution in [0.3, 0.4) is 0 Å². The zero-order valence-electron chi connectivity index (χ0n) is 12.8. The van der Waals surface area contributed by atoms with Crippen molar-refractivity contribution in [1.82, 2.24) is 5.32 Å². The monoisotopic (exact) mass is 308 g/mol. The quantitative estimate of drug-likeness (QED) is 0.907. The summed E-state index contributed by atoms with van der Waals surface area (Å²) >= 11 is 0. The lowest BCUT2D eigenvalue weighted by molar-refractivity contribution is 0.562. The van der Waals surface area contributed by atoms with E-state index in [4.69, 9.17) is 0 Å². The van der Waals surface area contributed by atoms with Gasteiger partial charge in [0.05, 0.1) is 10.9 Å². The summed E-state index contributed by atoms with van der Waals surface area (Å²) in [6.07, 6.45) is 4.23. The topological polar surface area (TPSA) is 49.4 Å². The fourth-order valence-corrected chi connectivity index (χ4v) is 4.48. The molecule has 116 valence electrons. The van der Waals surface area contributed by atoms with Gasteiger partial charge in [-0.15, -0.1) is 0 Å². The van der Waals surface area contributed by atoms with Crippen molar-refractivity contribution in [1.29, 1.82) is 0 Å². The highest BCUT2D eigenvalue weighted by Gasteiger charge is 2.33. The zero-order chi connectivity index (χ0) is 15.0. The Morgan fingerprint density at radius 3 is 2.86 bits per heavy atom. The molecule has 1 fully saturated rings. The summed E-state index contributed by atoms with van der Waals surface area (Å²) in [7, 11) is -3.29. The van der Waals surface area contributed by atoms with Gasteiger partial charge in [0.15, 0.2) is 0 Å². The van der Waals surface area contributed by atoms with Crippen molar-refractivity contribution in [2.45, 2.75) is 50.8 Å². The van der Waals surface area contributed by atoms with Crippen LogP contribution >= 0.6 is 0 Å². The number of hydrogen-bond acceptors (Lipinski definition) is 3. The summed E-state index contributed by atoms with van der Waals surface area (Å²) in [4.78, 5) is 0. The van der Waals surface area contributed by atoms with Crippen molar-refractivity contribution in [3.63, 3.8) is 0 Å². The third-order valence-electron chi connectivity index (χ3n) is 4.40. The van der Waals surface area contributed by atoms with Gasteiger partial charge >= 0.3 is 0 Å². The van der Waals surface area contributed by atoms with Crippen molar-refractivity contribution in [3.8, 4) is 0 Å². The molecule has 1 unspecified atom stereocenters. The van der Waals surface area contributed by atoms with Crippen LogP contribution in [-0.4, -0.2) is 32.8 Å². The molecule has 1 heterocycles. The Morgan fingerprint density at radius 1 is 1.38 bits per heavy atom. The maximum absolute atomic E-state index is 12.9. The highest BCUT2D eigenvalue weighted by Crippen LogP contribution is 2.31. The SMILES string of the molecule is Cc1ccc2c(c1)CCCN2S(=O)(=O)C(C)CNC1CC1. The standard InChI is InChI=1S/C16H24N2O2S/c1-12-5-8-16-14(10-12)4-3-9-18(16)21(19,20)13(2)11-17-15-6-7-15/h5,8,10,13,15,17H,3-4,6-7,9,11H2,1-2H3. The van der Waals surface area contributed by atoms with E-state index in [1.807, 2.05) is 19.1 Å². The lowest BCUT2D eigenvalue weighted by Gasteiger charge is -2.33. The molecule has 1 aliphatic carbocycles. The van der Waals surface area contributed by atoms with E-state index in [0.717, 1.165) is 24.1 Å². The molecule has 1 aliphatic heterocycles. The highest BCUT2D eigenvalue weighted by molar-refractivity contribution is 7.93. The molecule has 0 amide bonds. The molecule has 1 atom stereocenters. The fraction of sp³-hybridized carbons (Fsp3) is 0.625. The van der Waals surface area contributed by atoms with Gasteiger partial charge in [0.1, 0.15) is 0 Å². The first-order chi connectivity index (χ1) is 9.98. The average molecular weight is 308 g/mol. The van der Waals surface area contributed by atoms with E-state index < -0.39 is 10.0 Å². The van der Waals surface area contributed by atoms with Gasteiger partial charge in [0.25, 0.3) is 0 Å². The Labute approximate surface area is 127 Å². The van der Waals surface area contributed by atoms with Crippen molar-refractivity contribution < 1.29 is 8.42 Å². The molecule has 2 aliphatic rings. The van der Waals surface area contributed by atoms with Gasteiger partial charge in [-0.05, 0) is 51.2 Å². The van der Waals surface area contributed by atoms with E-state index in [-0.39, 0.29) is 5.25 Å². The van der Waals surface area contributed by atoms with Crippen LogP contribution in [0.1, 0.15) is 37.3 Å². The smallest absolute Gasteiger partial charge is 0.239 e. The van der Waals surface area contributed by atoms with E-state index in [9.17, 15) is 8.42 Å². The normalized spacial score (nSPS) is 20.2. The molecule has 0 radical (unpaired) electrons. The zero-order valence-corrected chi connectivity index (χ0v) is 13.6. The predicted octanol–water partition coefficient (Wildman–Crippen LogP) is 2.22. The third-order valence-corrected chi connectivity index (χ3v) is 6.58. The molecule has 21 heavy (non-hydrogen) atoms. The molecular weight excluding hydrogens is 284 g/mol. The minimum atomic E-state index is -3.29. The van der Waals surface area contributed by atoms with Gasteiger partial charge in [-0.25, -0.2) is 8.42 Å². The van der Waals surface area contributed by atoms with E-state index in [0.29, 0.717) is 19.1 Å². The van der Waals surface area contributed by atoms with Gasteiger partial charge in [0.2, 0.25) is 10.0 Å². The van der Waals surface area contributed by atoms with Crippen LogP contribution < -0.4 is 9.62 Å². The van der Waals surface area contributed by atoms with E-state index in [1.165, 1.54) is 18.4 Å². The number of hydrogen-bond donors (Lipinski definition) is 1. The molecule has 3 rings (SSSR count). The van der Waals surface area contributed by atoms with Gasteiger partial charge in [0, 0.05) is 19.1 Å². The molecule has 1 aromatic rings. The summed E-state index contributed by atoms with van der Waals surface area (Å²) in [6.45, 7) is 5.01. The Hall–Kier alpha value is -1.07. The summed E-state index contributed by atoms with van der Waals surface area (Å²) in [5, 5.41) is 2.94. The minimum Gasteiger partial charge on any atom is -0.313 e. The third kappa shape index (κ3) is 3.09. The molecule has 1 saturated carbocycles. The summed E-state index contributed by atoms with van der Waals surface area (Å²) in [5.74, 6) is 0. The Balaban J connectivity index is 1.82. The molecule has 1 N–H and O–H groups in total. The molecule has 5 heteroatoms. The van der Waals surface area contributed by atoms with Crippen LogP contribution in [-0.2, 0) is 16.4 Å². The van der Waals surface area contributed by atoms with Gasteiger partial charge in [-0.1, -0.05) is 17.7 Å². The first-order valence-electron chi connectivity index (χ1n) is 7.83. The first kappa shape index (κ1) is 14.9. The Morgan fingerprint density at radius 2 is 2.14 bits per heavy atom. The lowest BCUT2D eigenvalue weighted by atomic mass is 10.0. The van der Waals surface area contributed by atoms with Crippen LogP contribution in [0.15, 0.2) is 18.2 Å². The second-order valence-corrected chi connectivity index (χ2v) is 8.62. The molecule has 0 bridgehead atoms. The van der Waals surface area contributed by atoms with Crippen LogP contribution in [0.2, 0.25) is 0 Å². The number of benzene rings is 1. The van der Waals surface area contributed by atoms with Crippen LogP contribution in [0.25, 0.3) is 0 Å². The van der Waals surface area contributed by atoms with E-state index in [1.54, 1.807) is 4.31 Å². The lowest BCUT2D eigenvalue weighted by Crippen LogP contribution is -2.44. The summed E-state index contributed by atoms with van der Waals surface area (Å²) < 4.78 is 27.3. The number of nitrogens with one attached hydrogen (secondary N) is 1. The number of aryl methyl sites for hydroxylation is 2. The molecule has 1 aromatic carbocycles. The van der Waals surface area contributed by atoms with Gasteiger partial charge in [-0.2, -0.15) is 0 Å². The number of nitrogens with zero attached hydrogens (tertiary/aromatic N) is 1. The summed E-state index contributed by atoms with van der Waals surface area (Å²) in [5.41, 5.74) is 3.23. The van der Waals surface area contributed by atoms with E-state index in [2.05, 4.69) is 18.3 Å². The number of rotatable bonds is 5. The number of fused-ring (bicyclic) bond motifs is 1. The first-order valence-corrected chi connectivity index (χ1v) is 9.33. The second kappa shape index (κ2) is 5.61. The minimum absolute atomic E-state index is 0.384. The fourth-order valence-electron chi connectivity index (χ4n) is 2.90. The van der Waals surface area contributed by atoms with Crippen molar-refractivity contribution >= 4 is 15.7 Å². The molecule has 0 aromatic heterocycles. The van der Waals surface area contributed by atoms with Crippen molar-refractivity contribution in [3.05, 3.63) is 29.3 Å². The van der Waals surface area contributed by atoms with E-state index >= 15 is 0 Å². The number of anilines is 1. The Kier molecular flexibility index (Phi) is 3.97. The average Bonchev–Trinajstić information content (AvgIpc) is 3.27. The van der Waals surface area contributed by atoms with Crippen LogP contribution in [0.4, 0.5) is 5.69 Å². The summed E-state index contributed by atoms with van der Waals surface area (Å²) in [6, 6.07) is 6.62. The van der Waals surface area contributed by atoms with Crippen LogP contribution in [0.5, 0.6) is 0 Å². The van der Waals surface area contributed by atoms with Crippen LogP contribution in [0, 0.1) is 6.92 Å². The van der Waals surface area contributed by atoms with Crippen molar-refractivity contribution in [2.75, 3.05) is 17.4 Å². The second-order valence-electron chi connectivity index (χ2n) is 6.35. The largest absolute Gasteiger partial charge is 0.313 e. The highest BCUT2D eigenvalue weighted by atomic mass is 32.2. The van der Waals surface area contributed by atoms with Gasteiger partial charge < -0.3 is 5.32 Å². The molecule has 4 nitrogen and oxygen atoms in total. The maximum atomic E-state index is 12.9. The maximum Gasteiger partial charge on any atom is 0.239 e. The van der Waals surface area contributed by atoms with Gasteiger partial charge in [-0.3, -0.25) is 4.31 Å². The predicted molar refractivity (Wildman–Crippen MR) is 86.3 cm³/mol. The van der Waals surface area contributed by atoms with Crippen molar-refractivity contribution in [2.24, 2.45) is 0 Å².